The fraction of sp³-hybridized carbons (Fsp3) is 0.842. The molecule has 15 heteroatoms. The van der Waals surface area contributed by atoms with Crippen molar-refractivity contribution in [2.45, 2.75) is 182 Å². The molecule has 0 aromatic rings. The average molecular weight is 772 g/mol. The molecule has 0 rings (SSSR count). The van der Waals surface area contributed by atoms with Gasteiger partial charge in [-0.2, -0.15) is 0 Å². The monoisotopic (exact) mass is 772 g/mol. The molecule has 0 fully saturated rings. The van der Waals surface area contributed by atoms with Gasteiger partial charge in [0.1, 0.15) is 0 Å². The van der Waals surface area contributed by atoms with E-state index >= 15 is 0 Å². The molecule has 0 saturated carbocycles. The molecule has 0 aliphatic carbocycles. The van der Waals surface area contributed by atoms with Crippen LogP contribution in [0.2, 0.25) is 0 Å². The Morgan fingerprint density at radius 3 is 1.23 bits per heavy atom. The van der Waals surface area contributed by atoms with Crippen molar-refractivity contribution in [1.29, 1.82) is 0 Å². The maximum absolute atomic E-state index is 13.2. The Labute approximate surface area is 321 Å². The molecule has 0 aromatic heterocycles. The van der Waals surface area contributed by atoms with Crippen LogP contribution < -0.4 is 37.0 Å². The van der Waals surface area contributed by atoms with Gasteiger partial charge in [0, 0.05) is 74.8 Å². The lowest BCUT2D eigenvalue weighted by molar-refractivity contribution is -0.126. The first kappa shape index (κ1) is 49.9. The van der Waals surface area contributed by atoms with Crippen molar-refractivity contribution in [2.75, 3.05) is 0 Å². The minimum absolute atomic E-state index is 0.00470. The maximum atomic E-state index is 13.2. The molecule has 7 atom stereocenters. The number of carbonyl (C=O) groups is 6. The molecule has 0 spiro atoms. The number of hydrogen-bond acceptors (Lipinski definition) is 7. The highest BCUT2D eigenvalue weighted by Gasteiger charge is 2.28. The Morgan fingerprint density at radius 2 is 0.868 bits per heavy atom. The van der Waals surface area contributed by atoms with Crippen LogP contribution in [0.25, 0.3) is 0 Å². The van der Waals surface area contributed by atoms with Crippen molar-refractivity contribution < 1.29 is 33.0 Å². The third-order valence-corrected chi connectivity index (χ3v) is 10.1. The molecule has 0 radical (unpaired) electrons. The SMILES string of the molecule is CC(C)C[C@H](CC(N)=O)NC(=O)C[C@@H](C)NC(=O)C[C@H](NC(=O)C[C@@H](CC(C)C)NC(=O)C[C@@H](C)NC(=O)C[C@H](N[S@](=O)C(C)(C)C)C(C)C)C(C)C. The van der Waals surface area contributed by atoms with Gasteiger partial charge in [0.2, 0.25) is 35.4 Å². The predicted molar refractivity (Wildman–Crippen MR) is 211 cm³/mol. The Balaban J connectivity index is 5.18. The van der Waals surface area contributed by atoms with Gasteiger partial charge >= 0.3 is 0 Å². The smallest absolute Gasteiger partial charge is 0.222 e. The first-order valence-corrected chi connectivity index (χ1v) is 20.4. The van der Waals surface area contributed by atoms with Crippen LogP contribution in [0.4, 0.5) is 0 Å². The van der Waals surface area contributed by atoms with Gasteiger partial charge in [-0.1, -0.05) is 55.4 Å². The fourth-order valence-corrected chi connectivity index (χ4v) is 6.72. The van der Waals surface area contributed by atoms with Crippen LogP contribution in [0.5, 0.6) is 0 Å². The number of nitrogens with one attached hydrogen (secondary N) is 6. The minimum atomic E-state index is -1.33. The quantitative estimate of drug-likeness (QED) is 0.0735. The lowest BCUT2D eigenvalue weighted by Gasteiger charge is -2.27. The summed E-state index contributed by atoms with van der Waals surface area (Å²) < 4.78 is 15.2. The normalized spacial score (nSPS) is 15.9. The second kappa shape index (κ2) is 24.4. The van der Waals surface area contributed by atoms with E-state index in [1.54, 1.807) is 13.8 Å². The van der Waals surface area contributed by atoms with Crippen LogP contribution >= 0.6 is 0 Å². The highest BCUT2D eigenvalue weighted by atomic mass is 32.2. The van der Waals surface area contributed by atoms with E-state index in [9.17, 15) is 33.0 Å². The number of nitrogens with two attached hydrogens (primary N) is 1. The second-order valence-corrected chi connectivity index (χ2v) is 19.2. The lowest BCUT2D eigenvalue weighted by atomic mass is 9.97. The number of primary amides is 1. The standard InChI is InChI=1S/C38H73N7O7S/c1-22(2)14-28(18-32(39)46)42-33(47)16-26(9)40-36(50)20-30(24(5)6)44-35(49)19-29(15-23(3)4)43-34(48)17-27(10)41-37(51)21-31(25(7)8)45-53(52)38(11,12)13/h22-31,45H,14-21H2,1-13H3,(H2,39,46)(H,40,50)(H,41,51)(H,42,47)(H,43,48)(H,44,49)/t26-,27-,28-,29-,30+,31+,53-/m1/s1. The number of carbonyl (C=O) groups excluding carboxylic acids is 6. The van der Waals surface area contributed by atoms with E-state index in [0.29, 0.717) is 12.8 Å². The lowest BCUT2D eigenvalue weighted by Crippen LogP contribution is -2.48. The van der Waals surface area contributed by atoms with Gasteiger partial charge in [-0.15, -0.1) is 0 Å². The van der Waals surface area contributed by atoms with Crippen molar-refractivity contribution in [3.8, 4) is 0 Å². The average Bonchev–Trinajstić information content (AvgIpc) is 2.93. The Hall–Kier alpha value is -3.07. The highest BCUT2D eigenvalue weighted by molar-refractivity contribution is 7.84. The summed E-state index contributed by atoms with van der Waals surface area (Å²) in [5.41, 5.74) is 5.34. The van der Waals surface area contributed by atoms with Gasteiger partial charge in [-0.25, -0.2) is 8.93 Å². The molecule has 14 nitrogen and oxygen atoms in total. The Kier molecular flexibility index (Phi) is 22.9. The zero-order chi connectivity index (χ0) is 41.2. The van der Waals surface area contributed by atoms with E-state index in [2.05, 4.69) is 31.3 Å². The van der Waals surface area contributed by atoms with E-state index in [0.717, 1.165) is 0 Å². The van der Waals surface area contributed by atoms with Gasteiger partial charge in [0.05, 0.1) is 15.7 Å². The summed E-state index contributed by atoms with van der Waals surface area (Å²) >= 11 is 0. The molecule has 0 bridgehead atoms. The first-order valence-electron chi connectivity index (χ1n) is 19.2. The first-order chi connectivity index (χ1) is 24.3. The minimum Gasteiger partial charge on any atom is -0.370 e. The molecule has 0 heterocycles. The van der Waals surface area contributed by atoms with Crippen LogP contribution in [0.15, 0.2) is 0 Å². The molecule has 0 aromatic carbocycles. The zero-order valence-electron chi connectivity index (χ0n) is 34.8. The largest absolute Gasteiger partial charge is 0.370 e. The van der Waals surface area contributed by atoms with Gasteiger partial charge in [-0.3, -0.25) is 28.8 Å². The van der Waals surface area contributed by atoms with Crippen molar-refractivity contribution in [3.63, 3.8) is 0 Å². The van der Waals surface area contributed by atoms with Crippen molar-refractivity contribution in [3.05, 3.63) is 0 Å². The van der Waals surface area contributed by atoms with Crippen LogP contribution in [0, 0.1) is 23.7 Å². The Morgan fingerprint density at radius 1 is 0.509 bits per heavy atom. The summed E-state index contributed by atoms with van der Waals surface area (Å²) in [6.07, 6.45) is 1.37. The number of hydrogen-bond donors (Lipinski definition) is 7. The van der Waals surface area contributed by atoms with Gasteiger partial charge in [-0.05, 0) is 71.1 Å². The van der Waals surface area contributed by atoms with Gasteiger partial charge in [0.15, 0.2) is 0 Å². The topological polar surface area (TPSA) is 218 Å². The summed E-state index contributed by atoms with van der Waals surface area (Å²) in [6.45, 7) is 24.7. The van der Waals surface area contributed by atoms with Crippen molar-refractivity contribution >= 4 is 46.4 Å². The van der Waals surface area contributed by atoms with Crippen molar-refractivity contribution in [1.82, 2.24) is 31.3 Å². The predicted octanol–water partition coefficient (Wildman–Crippen LogP) is 3.10. The summed E-state index contributed by atoms with van der Waals surface area (Å²) in [5.74, 6) is -1.54. The molecule has 0 aliphatic rings. The third kappa shape index (κ3) is 24.1. The highest BCUT2D eigenvalue weighted by Crippen LogP contribution is 2.15. The van der Waals surface area contributed by atoms with E-state index in [1.807, 2.05) is 76.2 Å². The van der Waals surface area contributed by atoms with E-state index in [1.165, 1.54) is 0 Å². The third-order valence-electron chi connectivity index (χ3n) is 8.50. The van der Waals surface area contributed by atoms with Gasteiger partial charge in [0.25, 0.3) is 0 Å². The van der Waals surface area contributed by atoms with Crippen LogP contribution in [-0.4, -0.2) is 80.7 Å². The summed E-state index contributed by atoms with van der Waals surface area (Å²) in [4.78, 5) is 76.1. The summed E-state index contributed by atoms with van der Waals surface area (Å²) in [7, 11) is -1.33. The molecule has 8 N–H and O–H groups in total. The molecule has 308 valence electrons. The molecule has 0 saturated heterocycles. The zero-order valence-corrected chi connectivity index (χ0v) is 35.6. The van der Waals surface area contributed by atoms with Crippen LogP contribution in [-0.2, 0) is 39.8 Å². The second-order valence-electron chi connectivity index (χ2n) is 17.2. The van der Waals surface area contributed by atoms with E-state index in [4.69, 9.17) is 5.73 Å². The fourth-order valence-electron chi connectivity index (χ4n) is 5.74. The molecule has 0 unspecified atom stereocenters. The van der Waals surface area contributed by atoms with Crippen molar-refractivity contribution in [2.24, 2.45) is 29.4 Å². The molecular weight excluding hydrogens is 699 g/mol. The Bertz CT molecular complexity index is 1220. The van der Waals surface area contributed by atoms with E-state index < -0.39 is 45.8 Å². The van der Waals surface area contributed by atoms with E-state index in [-0.39, 0.29) is 104 Å². The van der Waals surface area contributed by atoms with Crippen LogP contribution in [0.3, 0.4) is 0 Å². The molecule has 6 amide bonds. The number of amides is 6. The molecular formula is C38H73N7O7S. The number of rotatable bonds is 25. The van der Waals surface area contributed by atoms with Crippen LogP contribution in [0.1, 0.15) is 141 Å². The maximum Gasteiger partial charge on any atom is 0.222 e. The molecule has 53 heavy (non-hydrogen) atoms. The summed E-state index contributed by atoms with van der Waals surface area (Å²) in [5, 5.41) is 14.5. The van der Waals surface area contributed by atoms with Gasteiger partial charge < -0.3 is 32.3 Å². The summed E-state index contributed by atoms with van der Waals surface area (Å²) in [6, 6.07) is -2.56. The molecule has 0 aliphatic heterocycles.